The standard InChI is InChI=1S/C22H13N3/c23-14-15-5-3-6-16(13-15)17-8-4-9-19-21(17)18-7-1-2-10-20(18)25-12-11-24-22(19)25/h1-13H. The van der Waals surface area contributed by atoms with E-state index in [1.807, 2.05) is 36.7 Å². The van der Waals surface area contributed by atoms with Crippen molar-refractivity contribution in [2.24, 2.45) is 0 Å². The Hall–Kier alpha value is -3.64. The number of nitriles is 1. The monoisotopic (exact) mass is 319 g/mol. The number of rotatable bonds is 1. The maximum Gasteiger partial charge on any atom is 0.145 e. The van der Waals surface area contributed by atoms with Gasteiger partial charge in [-0.3, -0.25) is 4.40 Å². The molecule has 0 amide bonds. The van der Waals surface area contributed by atoms with Gasteiger partial charge in [0.05, 0.1) is 17.1 Å². The SMILES string of the molecule is N#Cc1cccc(-c2cccc3c2c2ccccc2n2ccnc32)c1. The van der Waals surface area contributed by atoms with Crippen LogP contribution in [0.2, 0.25) is 0 Å². The number of hydrogen-bond acceptors (Lipinski definition) is 2. The molecular formula is C22H13N3. The van der Waals surface area contributed by atoms with Crippen molar-refractivity contribution in [1.29, 1.82) is 5.26 Å². The van der Waals surface area contributed by atoms with Crippen molar-refractivity contribution >= 4 is 27.3 Å². The van der Waals surface area contributed by atoms with E-state index >= 15 is 0 Å². The Labute approximate surface area is 144 Å². The van der Waals surface area contributed by atoms with E-state index in [-0.39, 0.29) is 0 Å². The molecule has 0 fully saturated rings. The van der Waals surface area contributed by atoms with Gasteiger partial charge in [0.15, 0.2) is 0 Å². The highest BCUT2D eigenvalue weighted by atomic mass is 15.0. The van der Waals surface area contributed by atoms with Gasteiger partial charge in [-0.1, -0.05) is 48.5 Å². The van der Waals surface area contributed by atoms with Crippen LogP contribution in [0.3, 0.4) is 0 Å². The van der Waals surface area contributed by atoms with Crippen molar-refractivity contribution in [3.63, 3.8) is 0 Å². The molecule has 5 aromatic rings. The van der Waals surface area contributed by atoms with E-state index in [0.29, 0.717) is 5.56 Å². The van der Waals surface area contributed by atoms with Gasteiger partial charge >= 0.3 is 0 Å². The van der Waals surface area contributed by atoms with E-state index < -0.39 is 0 Å². The molecule has 0 N–H and O–H groups in total. The summed E-state index contributed by atoms with van der Waals surface area (Å²) in [6.07, 6.45) is 3.84. The largest absolute Gasteiger partial charge is 0.299 e. The van der Waals surface area contributed by atoms with E-state index in [2.05, 4.69) is 57.9 Å². The molecule has 0 spiro atoms. The highest BCUT2D eigenvalue weighted by Gasteiger charge is 2.13. The smallest absolute Gasteiger partial charge is 0.145 e. The first kappa shape index (κ1) is 13.8. The van der Waals surface area contributed by atoms with Crippen LogP contribution in [0.1, 0.15) is 5.56 Å². The fourth-order valence-corrected chi connectivity index (χ4v) is 3.62. The first-order chi connectivity index (χ1) is 12.4. The summed E-state index contributed by atoms with van der Waals surface area (Å²) in [4.78, 5) is 4.58. The topological polar surface area (TPSA) is 41.1 Å². The second kappa shape index (κ2) is 5.19. The normalized spacial score (nSPS) is 11.2. The molecule has 0 saturated heterocycles. The molecule has 0 aliphatic rings. The zero-order valence-corrected chi connectivity index (χ0v) is 13.3. The van der Waals surface area contributed by atoms with Crippen molar-refractivity contribution in [1.82, 2.24) is 9.38 Å². The fraction of sp³-hybridized carbons (Fsp3) is 0. The number of para-hydroxylation sites is 1. The van der Waals surface area contributed by atoms with E-state index in [4.69, 9.17) is 0 Å². The maximum atomic E-state index is 9.24. The molecule has 0 aliphatic carbocycles. The average molecular weight is 319 g/mol. The van der Waals surface area contributed by atoms with Gasteiger partial charge in [-0.2, -0.15) is 5.26 Å². The van der Waals surface area contributed by atoms with Gasteiger partial charge in [0.25, 0.3) is 0 Å². The van der Waals surface area contributed by atoms with Gasteiger partial charge in [0.1, 0.15) is 5.65 Å². The number of imidazole rings is 1. The summed E-state index contributed by atoms with van der Waals surface area (Å²) < 4.78 is 2.13. The number of nitrogens with zero attached hydrogens (tertiary/aromatic N) is 3. The van der Waals surface area contributed by atoms with Gasteiger partial charge in [-0.25, -0.2) is 4.98 Å². The molecule has 3 heteroatoms. The van der Waals surface area contributed by atoms with Crippen molar-refractivity contribution in [2.75, 3.05) is 0 Å². The van der Waals surface area contributed by atoms with Crippen LogP contribution < -0.4 is 0 Å². The average Bonchev–Trinajstić information content (AvgIpc) is 3.18. The molecule has 116 valence electrons. The van der Waals surface area contributed by atoms with Crippen molar-refractivity contribution in [3.8, 4) is 17.2 Å². The minimum Gasteiger partial charge on any atom is -0.299 e. The lowest BCUT2D eigenvalue weighted by Gasteiger charge is -2.12. The first-order valence-corrected chi connectivity index (χ1v) is 8.14. The van der Waals surface area contributed by atoms with Crippen LogP contribution in [0.15, 0.2) is 79.1 Å². The Balaban J connectivity index is 2.02. The molecule has 3 aromatic carbocycles. The molecule has 0 aliphatic heterocycles. The van der Waals surface area contributed by atoms with Gasteiger partial charge in [0, 0.05) is 28.6 Å². The van der Waals surface area contributed by atoms with Gasteiger partial charge in [-0.05, 0) is 29.3 Å². The number of pyridine rings is 1. The number of fused-ring (bicyclic) bond motifs is 6. The Kier molecular flexibility index (Phi) is 2.86. The molecular weight excluding hydrogens is 306 g/mol. The Morgan fingerprint density at radius 1 is 0.880 bits per heavy atom. The lowest BCUT2D eigenvalue weighted by molar-refractivity contribution is 1.27. The first-order valence-electron chi connectivity index (χ1n) is 8.14. The van der Waals surface area contributed by atoms with Crippen LogP contribution in [-0.2, 0) is 0 Å². The second-order valence-corrected chi connectivity index (χ2v) is 6.06. The molecule has 0 radical (unpaired) electrons. The van der Waals surface area contributed by atoms with Crippen LogP contribution in [0.25, 0.3) is 38.4 Å². The third kappa shape index (κ3) is 1.95. The summed E-state index contributed by atoms with van der Waals surface area (Å²) in [7, 11) is 0. The minimum absolute atomic E-state index is 0.667. The van der Waals surface area contributed by atoms with Crippen LogP contribution in [0.4, 0.5) is 0 Å². The molecule has 0 unspecified atom stereocenters. The lowest BCUT2D eigenvalue weighted by Crippen LogP contribution is -1.92. The minimum atomic E-state index is 0.667. The molecule has 25 heavy (non-hydrogen) atoms. The summed E-state index contributed by atoms with van der Waals surface area (Å²) in [6, 6.07) is 24.7. The lowest BCUT2D eigenvalue weighted by atomic mass is 9.95. The second-order valence-electron chi connectivity index (χ2n) is 6.06. The number of benzene rings is 3. The zero-order valence-electron chi connectivity index (χ0n) is 13.3. The van der Waals surface area contributed by atoms with Gasteiger partial charge in [0.2, 0.25) is 0 Å². The summed E-state index contributed by atoms with van der Waals surface area (Å²) in [5.41, 5.74) is 4.92. The predicted molar refractivity (Wildman–Crippen MR) is 100 cm³/mol. The van der Waals surface area contributed by atoms with Gasteiger partial charge in [-0.15, -0.1) is 0 Å². The molecule has 3 nitrogen and oxygen atoms in total. The summed E-state index contributed by atoms with van der Waals surface area (Å²) >= 11 is 0. The van der Waals surface area contributed by atoms with E-state index in [0.717, 1.165) is 27.7 Å². The molecule has 2 aromatic heterocycles. The van der Waals surface area contributed by atoms with Crippen LogP contribution in [0.5, 0.6) is 0 Å². The number of hydrogen-bond donors (Lipinski definition) is 0. The van der Waals surface area contributed by atoms with Gasteiger partial charge < -0.3 is 0 Å². The van der Waals surface area contributed by atoms with E-state index in [9.17, 15) is 5.26 Å². The molecule has 2 heterocycles. The van der Waals surface area contributed by atoms with Crippen LogP contribution in [-0.4, -0.2) is 9.38 Å². The maximum absolute atomic E-state index is 9.24. The van der Waals surface area contributed by atoms with E-state index in [1.54, 1.807) is 0 Å². The Bertz CT molecular complexity index is 1310. The highest BCUT2D eigenvalue weighted by Crippen LogP contribution is 2.36. The van der Waals surface area contributed by atoms with Crippen molar-refractivity contribution < 1.29 is 0 Å². The van der Waals surface area contributed by atoms with E-state index in [1.165, 1.54) is 10.8 Å². The summed E-state index contributed by atoms with van der Waals surface area (Å²) in [5, 5.41) is 12.7. The Morgan fingerprint density at radius 2 is 1.72 bits per heavy atom. The summed E-state index contributed by atoms with van der Waals surface area (Å²) in [5.74, 6) is 0. The molecule has 0 bridgehead atoms. The quantitative estimate of drug-likeness (QED) is 0.399. The third-order valence-electron chi connectivity index (χ3n) is 4.68. The predicted octanol–water partition coefficient (Wildman–Crippen LogP) is 5.18. The number of aromatic nitrogens is 2. The summed E-state index contributed by atoms with van der Waals surface area (Å²) in [6.45, 7) is 0. The fourth-order valence-electron chi connectivity index (χ4n) is 3.62. The van der Waals surface area contributed by atoms with Crippen LogP contribution >= 0.6 is 0 Å². The third-order valence-corrected chi connectivity index (χ3v) is 4.68. The molecule has 5 rings (SSSR count). The highest BCUT2D eigenvalue weighted by molar-refractivity contribution is 6.17. The van der Waals surface area contributed by atoms with Crippen LogP contribution in [0, 0.1) is 11.3 Å². The van der Waals surface area contributed by atoms with Crippen molar-refractivity contribution in [2.45, 2.75) is 0 Å². The molecule has 0 saturated carbocycles. The van der Waals surface area contributed by atoms with Crippen molar-refractivity contribution in [3.05, 3.63) is 84.7 Å². The molecule has 0 atom stereocenters. The zero-order chi connectivity index (χ0) is 16.8. The Morgan fingerprint density at radius 3 is 2.64 bits per heavy atom.